The molecule has 158 valence electrons. The Bertz CT molecular complexity index is 401. The molecule has 1 atom stereocenters. The first-order valence-electron chi connectivity index (χ1n) is 11.5. The molecule has 1 aliphatic heterocycles. The minimum Gasteiger partial charge on any atom is -0.354 e. The Kier molecular flexibility index (Phi) is 14.1. The Morgan fingerprint density at radius 2 is 1.59 bits per heavy atom. The number of nitrogens with two attached hydrogens (primary N) is 1. The highest BCUT2D eigenvalue weighted by Gasteiger charge is 2.31. The monoisotopic (exact) mass is 381 g/mol. The summed E-state index contributed by atoms with van der Waals surface area (Å²) in [7, 11) is 0. The summed E-state index contributed by atoms with van der Waals surface area (Å²) < 4.78 is 0. The van der Waals surface area contributed by atoms with Gasteiger partial charge < -0.3 is 16.0 Å². The molecule has 1 heterocycles. The Morgan fingerprint density at radius 1 is 0.926 bits per heavy atom. The highest BCUT2D eigenvalue weighted by molar-refractivity contribution is 5.87. The predicted octanol–water partition coefficient (Wildman–Crippen LogP) is 4.14. The third-order valence-corrected chi connectivity index (χ3v) is 5.55. The number of carbonyl (C=O) groups is 2. The lowest BCUT2D eigenvalue weighted by molar-refractivity contribution is -0.142. The summed E-state index contributed by atoms with van der Waals surface area (Å²) >= 11 is 0. The second-order valence-corrected chi connectivity index (χ2v) is 7.96. The number of hydrogen-bond donors (Lipinski definition) is 2. The van der Waals surface area contributed by atoms with Crippen molar-refractivity contribution in [2.45, 2.75) is 109 Å². The van der Waals surface area contributed by atoms with Crippen molar-refractivity contribution in [3.05, 3.63) is 0 Å². The molecule has 0 bridgehead atoms. The topological polar surface area (TPSA) is 75.4 Å². The number of amides is 2. The van der Waals surface area contributed by atoms with Crippen LogP contribution in [0.5, 0.6) is 0 Å². The average molecular weight is 382 g/mol. The molecule has 0 aromatic carbocycles. The number of hydrogen-bond acceptors (Lipinski definition) is 3. The van der Waals surface area contributed by atoms with E-state index < -0.39 is 0 Å². The maximum atomic E-state index is 12.6. The Morgan fingerprint density at radius 3 is 2.30 bits per heavy atom. The van der Waals surface area contributed by atoms with Gasteiger partial charge in [0.2, 0.25) is 11.8 Å². The molecule has 1 rings (SSSR count). The van der Waals surface area contributed by atoms with Gasteiger partial charge in [0, 0.05) is 19.5 Å². The third kappa shape index (κ3) is 10.7. The maximum absolute atomic E-state index is 12.6. The van der Waals surface area contributed by atoms with Crippen molar-refractivity contribution in [1.82, 2.24) is 10.2 Å². The first-order chi connectivity index (χ1) is 13.2. The smallest absolute Gasteiger partial charge is 0.242 e. The first kappa shape index (κ1) is 23.9. The van der Waals surface area contributed by atoms with Crippen LogP contribution >= 0.6 is 0 Å². The summed E-state index contributed by atoms with van der Waals surface area (Å²) in [6.07, 6.45) is 16.3. The van der Waals surface area contributed by atoms with E-state index in [1.807, 2.05) is 4.90 Å². The van der Waals surface area contributed by atoms with Crippen molar-refractivity contribution >= 4 is 11.8 Å². The van der Waals surface area contributed by atoms with Gasteiger partial charge in [-0.25, -0.2) is 0 Å². The summed E-state index contributed by atoms with van der Waals surface area (Å²) in [5.41, 5.74) is 5.49. The number of piperidine rings is 1. The van der Waals surface area contributed by atoms with Crippen LogP contribution in [0.15, 0.2) is 0 Å². The minimum atomic E-state index is -0.255. The Hall–Kier alpha value is -1.10. The van der Waals surface area contributed by atoms with E-state index in [1.165, 1.54) is 38.5 Å². The molecule has 1 unspecified atom stereocenters. The van der Waals surface area contributed by atoms with Gasteiger partial charge in [-0.15, -0.1) is 0 Å². The van der Waals surface area contributed by atoms with E-state index in [-0.39, 0.29) is 17.9 Å². The van der Waals surface area contributed by atoms with E-state index in [4.69, 9.17) is 5.73 Å². The third-order valence-electron chi connectivity index (χ3n) is 5.55. The van der Waals surface area contributed by atoms with E-state index in [2.05, 4.69) is 12.2 Å². The molecule has 27 heavy (non-hydrogen) atoms. The summed E-state index contributed by atoms with van der Waals surface area (Å²) in [4.78, 5) is 27.0. The SMILES string of the molecule is CCCCCCCCCCC(=O)N1CCCCC1C(=O)NCCCCCN. The summed E-state index contributed by atoms with van der Waals surface area (Å²) in [6.45, 7) is 4.37. The van der Waals surface area contributed by atoms with Crippen LogP contribution in [0.3, 0.4) is 0 Å². The first-order valence-corrected chi connectivity index (χ1v) is 11.5. The quantitative estimate of drug-likeness (QED) is 0.419. The second kappa shape index (κ2) is 15.9. The molecular formula is C22H43N3O2. The fraction of sp³-hybridized carbons (Fsp3) is 0.909. The number of rotatable bonds is 15. The van der Waals surface area contributed by atoms with E-state index >= 15 is 0 Å². The normalized spacial score (nSPS) is 17.1. The Balaban J connectivity index is 2.24. The number of unbranched alkanes of at least 4 members (excludes halogenated alkanes) is 9. The molecule has 0 saturated carbocycles. The number of nitrogens with zero attached hydrogens (tertiary/aromatic N) is 1. The molecule has 0 aromatic rings. The predicted molar refractivity (Wildman–Crippen MR) is 112 cm³/mol. The highest BCUT2D eigenvalue weighted by Crippen LogP contribution is 2.19. The lowest BCUT2D eigenvalue weighted by Gasteiger charge is -2.35. The van der Waals surface area contributed by atoms with Gasteiger partial charge >= 0.3 is 0 Å². The molecule has 0 aromatic heterocycles. The molecule has 1 fully saturated rings. The average Bonchev–Trinajstić information content (AvgIpc) is 2.69. The largest absolute Gasteiger partial charge is 0.354 e. The van der Waals surface area contributed by atoms with Crippen molar-refractivity contribution in [2.75, 3.05) is 19.6 Å². The van der Waals surface area contributed by atoms with E-state index in [0.29, 0.717) is 19.5 Å². The van der Waals surface area contributed by atoms with Gasteiger partial charge in [0.15, 0.2) is 0 Å². The number of nitrogens with one attached hydrogen (secondary N) is 1. The number of likely N-dealkylation sites (tertiary alicyclic amines) is 1. The van der Waals surface area contributed by atoms with Gasteiger partial charge in [-0.05, 0) is 45.1 Å². The number of carbonyl (C=O) groups excluding carboxylic acids is 2. The van der Waals surface area contributed by atoms with Crippen molar-refractivity contribution in [3.8, 4) is 0 Å². The van der Waals surface area contributed by atoms with Crippen LogP contribution in [0, 0.1) is 0 Å². The molecule has 5 nitrogen and oxygen atoms in total. The lowest BCUT2D eigenvalue weighted by Crippen LogP contribution is -2.52. The molecule has 2 amide bonds. The molecule has 1 aliphatic rings. The van der Waals surface area contributed by atoms with E-state index in [0.717, 1.165) is 57.9 Å². The fourth-order valence-electron chi connectivity index (χ4n) is 3.83. The van der Waals surface area contributed by atoms with E-state index in [9.17, 15) is 9.59 Å². The maximum Gasteiger partial charge on any atom is 0.242 e. The van der Waals surface area contributed by atoms with Gasteiger partial charge in [0.1, 0.15) is 6.04 Å². The zero-order chi connectivity index (χ0) is 19.7. The van der Waals surface area contributed by atoms with Crippen molar-refractivity contribution in [3.63, 3.8) is 0 Å². The summed E-state index contributed by atoms with van der Waals surface area (Å²) in [5.74, 6) is 0.204. The van der Waals surface area contributed by atoms with Gasteiger partial charge in [-0.3, -0.25) is 9.59 Å². The van der Waals surface area contributed by atoms with Crippen LogP contribution < -0.4 is 11.1 Å². The van der Waals surface area contributed by atoms with Crippen molar-refractivity contribution in [1.29, 1.82) is 0 Å². The summed E-state index contributed by atoms with van der Waals surface area (Å²) in [6, 6.07) is -0.255. The van der Waals surface area contributed by atoms with Crippen LogP contribution in [0.25, 0.3) is 0 Å². The fourth-order valence-corrected chi connectivity index (χ4v) is 3.83. The highest BCUT2D eigenvalue weighted by atomic mass is 16.2. The minimum absolute atomic E-state index is 0.0340. The van der Waals surface area contributed by atoms with Crippen molar-refractivity contribution in [2.24, 2.45) is 5.73 Å². The lowest BCUT2D eigenvalue weighted by atomic mass is 10.00. The van der Waals surface area contributed by atoms with Crippen molar-refractivity contribution < 1.29 is 9.59 Å². The zero-order valence-corrected chi connectivity index (χ0v) is 17.6. The molecule has 3 N–H and O–H groups in total. The van der Waals surface area contributed by atoms with Crippen LogP contribution in [-0.2, 0) is 9.59 Å². The molecule has 0 radical (unpaired) electrons. The van der Waals surface area contributed by atoms with Gasteiger partial charge in [0.05, 0.1) is 0 Å². The summed E-state index contributed by atoms with van der Waals surface area (Å²) in [5, 5.41) is 3.02. The van der Waals surface area contributed by atoms with Crippen LogP contribution in [0.2, 0.25) is 0 Å². The van der Waals surface area contributed by atoms with E-state index in [1.54, 1.807) is 0 Å². The second-order valence-electron chi connectivity index (χ2n) is 7.96. The molecule has 0 spiro atoms. The molecular weight excluding hydrogens is 338 g/mol. The van der Waals surface area contributed by atoms with Crippen LogP contribution in [-0.4, -0.2) is 42.4 Å². The molecule has 5 heteroatoms. The van der Waals surface area contributed by atoms with Crippen LogP contribution in [0.1, 0.15) is 103 Å². The van der Waals surface area contributed by atoms with Gasteiger partial charge in [0.25, 0.3) is 0 Å². The molecule has 0 aliphatic carbocycles. The van der Waals surface area contributed by atoms with Crippen LogP contribution in [0.4, 0.5) is 0 Å². The standard InChI is InChI=1S/C22H43N3O2/c1-2-3-4-5-6-7-8-10-16-21(26)25-19-14-11-15-20(25)22(27)24-18-13-9-12-17-23/h20H,2-19,23H2,1H3,(H,24,27). The Labute approximate surface area is 166 Å². The zero-order valence-electron chi connectivity index (χ0n) is 17.6. The molecule has 1 saturated heterocycles. The van der Waals surface area contributed by atoms with Gasteiger partial charge in [-0.2, -0.15) is 0 Å². The van der Waals surface area contributed by atoms with Gasteiger partial charge in [-0.1, -0.05) is 58.3 Å².